The first-order chi connectivity index (χ1) is 13.9. The fourth-order valence-electron chi connectivity index (χ4n) is 3.13. The molecule has 0 bridgehead atoms. The van der Waals surface area contributed by atoms with Gasteiger partial charge >= 0.3 is 0 Å². The number of halogens is 1. The van der Waals surface area contributed by atoms with Crippen molar-refractivity contribution in [1.82, 2.24) is 20.0 Å². The molecule has 0 N–H and O–H groups in total. The maximum absolute atomic E-state index is 14.4. The van der Waals surface area contributed by atoms with E-state index in [-0.39, 0.29) is 17.0 Å². The minimum absolute atomic E-state index is 0.0476. The molecule has 2 aromatic heterocycles. The highest BCUT2D eigenvalue weighted by atomic mass is 19.1. The van der Waals surface area contributed by atoms with Gasteiger partial charge in [-0.1, -0.05) is 55.8 Å². The normalized spacial score (nSPS) is 11.4. The molecule has 0 radical (unpaired) electrons. The van der Waals surface area contributed by atoms with Crippen molar-refractivity contribution in [3.8, 4) is 17.3 Å². The minimum Gasteiger partial charge on any atom is -0.453 e. The lowest BCUT2D eigenvalue weighted by Crippen LogP contribution is -2.18. The predicted octanol–water partition coefficient (Wildman–Crippen LogP) is 5.23. The van der Waals surface area contributed by atoms with E-state index in [0.29, 0.717) is 5.75 Å². The molecule has 0 fully saturated rings. The molecule has 146 valence electrons. The largest absolute Gasteiger partial charge is 0.453 e. The highest BCUT2D eigenvalue weighted by Crippen LogP contribution is 2.33. The predicted molar refractivity (Wildman–Crippen MR) is 109 cm³/mol. The summed E-state index contributed by atoms with van der Waals surface area (Å²) in [5.41, 5.74) is 3.46. The number of hydrogen-bond donors (Lipinski definition) is 0. The maximum atomic E-state index is 14.4. The van der Waals surface area contributed by atoms with Crippen LogP contribution in [0.2, 0.25) is 0 Å². The second-order valence-corrected chi connectivity index (χ2v) is 7.41. The monoisotopic (exact) mass is 388 g/mol. The summed E-state index contributed by atoms with van der Waals surface area (Å²) >= 11 is 0. The van der Waals surface area contributed by atoms with Crippen molar-refractivity contribution < 1.29 is 9.13 Å². The van der Waals surface area contributed by atoms with Crippen LogP contribution in [-0.2, 0) is 5.41 Å². The van der Waals surface area contributed by atoms with Crippen molar-refractivity contribution in [2.45, 2.75) is 26.2 Å². The molecule has 0 saturated heterocycles. The second-order valence-electron chi connectivity index (χ2n) is 7.41. The fourth-order valence-corrected chi connectivity index (χ4v) is 3.13. The molecule has 0 aliphatic heterocycles. The molecule has 4 aromatic rings. The Morgan fingerprint density at radius 2 is 1.48 bits per heavy atom. The minimum atomic E-state index is -0.531. The van der Waals surface area contributed by atoms with Gasteiger partial charge in [-0.2, -0.15) is 10.2 Å². The Kier molecular flexibility index (Phi) is 4.84. The summed E-state index contributed by atoms with van der Waals surface area (Å²) in [6.45, 7) is 6.44. The zero-order valence-electron chi connectivity index (χ0n) is 16.5. The van der Waals surface area contributed by atoms with Crippen molar-refractivity contribution in [2.75, 3.05) is 0 Å². The van der Waals surface area contributed by atoms with Crippen LogP contribution in [0.3, 0.4) is 0 Å². The first-order valence-corrected chi connectivity index (χ1v) is 9.31. The molecule has 29 heavy (non-hydrogen) atoms. The summed E-state index contributed by atoms with van der Waals surface area (Å²) in [5, 5.41) is 7.88. The van der Waals surface area contributed by atoms with Gasteiger partial charge in [0.1, 0.15) is 5.75 Å². The Bertz CT molecular complexity index is 1100. The van der Waals surface area contributed by atoms with Gasteiger partial charge in [0.05, 0.1) is 18.6 Å². The number of pyridine rings is 1. The van der Waals surface area contributed by atoms with E-state index in [4.69, 9.17) is 4.74 Å². The first-order valence-electron chi connectivity index (χ1n) is 9.31. The molecule has 5 nitrogen and oxygen atoms in total. The van der Waals surface area contributed by atoms with Gasteiger partial charge in [-0.15, -0.1) is 4.80 Å². The Morgan fingerprint density at radius 3 is 2.07 bits per heavy atom. The Labute approximate surface area is 168 Å². The van der Waals surface area contributed by atoms with Crippen molar-refractivity contribution in [3.05, 3.63) is 95.7 Å². The van der Waals surface area contributed by atoms with Crippen LogP contribution >= 0.6 is 0 Å². The number of nitrogens with zero attached hydrogens (tertiary/aromatic N) is 4. The smallest absolute Gasteiger partial charge is 0.181 e. The summed E-state index contributed by atoms with van der Waals surface area (Å²) in [6.07, 6.45) is 4.34. The fraction of sp³-hybridized carbons (Fsp3) is 0.174. The summed E-state index contributed by atoms with van der Waals surface area (Å²) < 4.78 is 20.1. The molecule has 0 spiro atoms. The van der Waals surface area contributed by atoms with Crippen LogP contribution in [0.4, 0.5) is 4.39 Å². The Morgan fingerprint density at radius 1 is 0.897 bits per heavy atom. The third kappa shape index (κ3) is 3.87. The summed E-state index contributed by atoms with van der Waals surface area (Å²) in [6, 6.07) is 17.5. The van der Waals surface area contributed by atoms with E-state index < -0.39 is 5.82 Å². The number of aryl methyl sites for hydroxylation is 1. The van der Waals surface area contributed by atoms with E-state index in [1.807, 2.05) is 24.3 Å². The maximum Gasteiger partial charge on any atom is 0.181 e. The van der Waals surface area contributed by atoms with E-state index in [2.05, 4.69) is 60.2 Å². The zero-order valence-corrected chi connectivity index (χ0v) is 16.5. The first kappa shape index (κ1) is 18.8. The molecule has 2 heterocycles. The van der Waals surface area contributed by atoms with Gasteiger partial charge in [0.25, 0.3) is 0 Å². The molecule has 0 unspecified atom stereocenters. The van der Waals surface area contributed by atoms with Gasteiger partial charge < -0.3 is 4.74 Å². The molecule has 0 saturated carbocycles. The van der Waals surface area contributed by atoms with Crippen LogP contribution in [0, 0.1) is 12.7 Å². The van der Waals surface area contributed by atoms with E-state index in [1.54, 1.807) is 0 Å². The average molecular weight is 388 g/mol. The molecule has 0 amide bonds. The van der Waals surface area contributed by atoms with Crippen LogP contribution in [0.25, 0.3) is 5.82 Å². The Balaban J connectivity index is 1.53. The quantitative estimate of drug-likeness (QED) is 0.470. The van der Waals surface area contributed by atoms with Crippen LogP contribution < -0.4 is 4.74 Å². The molecular formula is C23H21FN4O. The number of rotatable bonds is 5. The standard InChI is InChI=1S/C23H21FN4O/c1-16-4-6-17(7-5-16)23(2,3)18-8-10-19(11-9-18)29-21-15-25-22(14-20(21)24)28-26-12-13-27-28/h4-15H,1-3H3. The van der Waals surface area contributed by atoms with E-state index in [1.165, 1.54) is 40.6 Å². The number of aromatic nitrogens is 4. The van der Waals surface area contributed by atoms with E-state index in [0.717, 1.165) is 5.56 Å². The Hall–Kier alpha value is -3.54. The van der Waals surface area contributed by atoms with Crippen LogP contribution in [0.5, 0.6) is 11.5 Å². The highest BCUT2D eigenvalue weighted by Gasteiger charge is 2.23. The topological polar surface area (TPSA) is 52.8 Å². The third-order valence-corrected chi connectivity index (χ3v) is 5.01. The number of ether oxygens (including phenoxy) is 1. The lowest BCUT2D eigenvalue weighted by atomic mass is 9.78. The summed E-state index contributed by atoms with van der Waals surface area (Å²) in [5.74, 6) is 0.344. The molecule has 0 aliphatic rings. The molecule has 2 aromatic carbocycles. The number of hydrogen-bond acceptors (Lipinski definition) is 4. The molecule has 4 rings (SSSR count). The SMILES string of the molecule is Cc1ccc(C(C)(C)c2ccc(Oc3cnc(-n4nccn4)cc3F)cc2)cc1. The lowest BCUT2D eigenvalue weighted by Gasteiger charge is -2.26. The zero-order chi connectivity index (χ0) is 20.4. The van der Waals surface area contributed by atoms with Crippen molar-refractivity contribution in [3.63, 3.8) is 0 Å². The summed E-state index contributed by atoms with van der Waals surface area (Å²) in [4.78, 5) is 5.40. The highest BCUT2D eigenvalue weighted by molar-refractivity contribution is 5.42. The lowest BCUT2D eigenvalue weighted by molar-refractivity contribution is 0.438. The van der Waals surface area contributed by atoms with Gasteiger partial charge in [0.15, 0.2) is 17.4 Å². The molecule has 0 atom stereocenters. The van der Waals surface area contributed by atoms with Gasteiger partial charge in [0, 0.05) is 11.5 Å². The van der Waals surface area contributed by atoms with Crippen LogP contribution in [0.15, 0.2) is 73.2 Å². The van der Waals surface area contributed by atoms with Gasteiger partial charge in [-0.05, 0) is 30.2 Å². The van der Waals surface area contributed by atoms with Crippen LogP contribution in [0.1, 0.15) is 30.5 Å². The van der Waals surface area contributed by atoms with Gasteiger partial charge in [-0.25, -0.2) is 9.37 Å². The van der Waals surface area contributed by atoms with Gasteiger partial charge in [-0.3, -0.25) is 0 Å². The number of benzene rings is 2. The van der Waals surface area contributed by atoms with E-state index in [9.17, 15) is 4.39 Å². The molecule has 6 heteroatoms. The van der Waals surface area contributed by atoms with Crippen molar-refractivity contribution >= 4 is 0 Å². The average Bonchev–Trinajstić information content (AvgIpc) is 3.25. The third-order valence-electron chi connectivity index (χ3n) is 5.01. The summed E-state index contributed by atoms with van der Waals surface area (Å²) in [7, 11) is 0. The molecule has 0 aliphatic carbocycles. The van der Waals surface area contributed by atoms with E-state index >= 15 is 0 Å². The molecular weight excluding hydrogens is 367 g/mol. The van der Waals surface area contributed by atoms with Gasteiger partial charge in [0.2, 0.25) is 0 Å². The van der Waals surface area contributed by atoms with Crippen molar-refractivity contribution in [1.29, 1.82) is 0 Å². The second kappa shape index (κ2) is 7.47. The van der Waals surface area contributed by atoms with Crippen molar-refractivity contribution in [2.24, 2.45) is 0 Å². The van der Waals surface area contributed by atoms with Crippen LogP contribution in [-0.4, -0.2) is 20.0 Å².